The van der Waals surface area contributed by atoms with Gasteiger partial charge in [-0.1, -0.05) is 0 Å². The van der Waals surface area contributed by atoms with Gasteiger partial charge in [-0.2, -0.15) is 13.2 Å². The van der Waals surface area contributed by atoms with Crippen LogP contribution in [0.1, 0.15) is 38.8 Å². The third kappa shape index (κ3) is 3.54. The van der Waals surface area contributed by atoms with Crippen LogP contribution in [0.3, 0.4) is 0 Å². The Bertz CT molecular complexity index is 1330. The summed E-state index contributed by atoms with van der Waals surface area (Å²) in [5.74, 6) is -1.04. The molecule has 1 aromatic carbocycles. The second kappa shape index (κ2) is 7.69. The van der Waals surface area contributed by atoms with Crippen LogP contribution < -0.4 is 11.1 Å². The van der Waals surface area contributed by atoms with Gasteiger partial charge >= 0.3 is 6.18 Å². The number of hydrogen-bond acceptors (Lipinski definition) is 6. The summed E-state index contributed by atoms with van der Waals surface area (Å²) in [5, 5.41) is 6.95. The highest BCUT2D eigenvalue weighted by molar-refractivity contribution is 6.04. The van der Waals surface area contributed by atoms with Gasteiger partial charge in [-0.3, -0.25) is 9.59 Å². The van der Waals surface area contributed by atoms with E-state index in [1.54, 1.807) is 31.3 Å². The Balaban J connectivity index is 1.52. The number of alkyl halides is 3. The van der Waals surface area contributed by atoms with Crippen LogP contribution in [0.4, 0.5) is 19.0 Å². The van der Waals surface area contributed by atoms with Crippen LogP contribution in [-0.4, -0.2) is 62.8 Å². The van der Waals surface area contributed by atoms with Crippen molar-refractivity contribution in [3.63, 3.8) is 0 Å². The van der Waals surface area contributed by atoms with E-state index in [9.17, 15) is 22.8 Å². The number of carbonyl (C=O) groups is 2. The molecule has 0 bridgehead atoms. The lowest BCUT2D eigenvalue weighted by atomic mass is 9.98. The SMILES string of the molecule is Cc1cc(-c2ccn3nc(N)c(C(=O)NC4COC4)c3n2)cc2c1C(=O)N([C@@H](C)C(F)(F)F)C2. The number of hydrogen-bond donors (Lipinski definition) is 2. The van der Waals surface area contributed by atoms with Gasteiger partial charge in [-0.25, -0.2) is 9.50 Å². The van der Waals surface area contributed by atoms with E-state index in [2.05, 4.69) is 15.4 Å². The molecule has 1 fully saturated rings. The van der Waals surface area contributed by atoms with Crippen molar-refractivity contribution in [2.45, 2.75) is 38.7 Å². The van der Waals surface area contributed by atoms with Gasteiger partial charge in [-0.05, 0) is 43.2 Å². The van der Waals surface area contributed by atoms with E-state index in [1.807, 2.05) is 0 Å². The average molecular weight is 474 g/mol. The van der Waals surface area contributed by atoms with Crippen molar-refractivity contribution in [2.24, 2.45) is 0 Å². The van der Waals surface area contributed by atoms with E-state index in [-0.39, 0.29) is 35.2 Å². The molecule has 0 spiro atoms. The summed E-state index contributed by atoms with van der Waals surface area (Å²) >= 11 is 0. The van der Waals surface area contributed by atoms with Gasteiger partial charge in [0.25, 0.3) is 11.8 Å². The first-order valence-corrected chi connectivity index (χ1v) is 10.6. The van der Waals surface area contributed by atoms with Gasteiger partial charge in [0.15, 0.2) is 11.5 Å². The minimum absolute atomic E-state index is 0.0231. The number of benzene rings is 1. The normalized spacial score (nSPS) is 17.1. The molecule has 5 rings (SSSR count). The van der Waals surface area contributed by atoms with E-state index < -0.39 is 24.0 Å². The number of nitrogens with two attached hydrogens (primary N) is 1. The summed E-state index contributed by atoms with van der Waals surface area (Å²) in [6.07, 6.45) is -2.92. The number of rotatable bonds is 4. The summed E-state index contributed by atoms with van der Waals surface area (Å²) in [4.78, 5) is 30.8. The number of nitrogens with zero attached hydrogens (tertiary/aromatic N) is 4. The molecule has 1 atom stereocenters. The number of ether oxygens (including phenoxy) is 1. The largest absolute Gasteiger partial charge is 0.408 e. The lowest BCUT2D eigenvalue weighted by Gasteiger charge is -2.26. The summed E-state index contributed by atoms with van der Waals surface area (Å²) in [6.45, 7) is 3.34. The number of nitrogens with one attached hydrogen (secondary N) is 1. The zero-order valence-electron chi connectivity index (χ0n) is 18.3. The Labute approximate surface area is 191 Å². The van der Waals surface area contributed by atoms with Crippen molar-refractivity contribution in [1.29, 1.82) is 0 Å². The van der Waals surface area contributed by atoms with Gasteiger partial charge in [0.05, 0.1) is 24.9 Å². The van der Waals surface area contributed by atoms with E-state index >= 15 is 0 Å². The van der Waals surface area contributed by atoms with Crippen molar-refractivity contribution < 1.29 is 27.5 Å². The van der Waals surface area contributed by atoms with Gasteiger partial charge in [0, 0.05) is 23.9 Å². The zero-order chi connectivity index (χ0) is 24.4. The number of anilines is 1. The summed E-state index contributed by atoms with van der Waals surface area (Å²) in [6, 6.07) is 3.01. The molecule has 3 N–H and O–H groups in total. The molecular formula is C22H21F3N6O3. The third-order valence-corrected chi connectivity index (χ3v) is 6.18. The summed E-state index contributed by atoms with van der Waals surface area (Å²) in [5.41, 5.74) is 8.74. The number of carbonyl (C=O) groups excluding carboxylic acids is 2. The van der Waals surface area contributed by atoms with Gasteiger partial charge in [0.2, 0.25) is 0 Å². The number of halogens is 3. The number of nitrogen functional groups attached to an aromatic ring is 1. The smallest absolute Gasteiger partial charge is 0.381 e. The molecule has 0 unspecified atom stereocenters. The molecule has 12 heteroatoms. The molecule has 3 aromatic rings. The predicted molar refractivity (Wildman–Crippen MR) is 115 cm³/mol. The quantitative estimate of drug-likeness (QED) is 0.600. The van der Waals surface area contributed by atoms with E-state index in [4.69, 9.17) is 10.5 Å². The van der Waals surface area contributed by atoms with Gasteiger partial charge in [-0.15, -0.1) is 5.10 Å². The Kier molecular flexibility index (Phi) is 5.01. The van der Waals surface area contributed by atoms with Crippen LogP contribution in [0, 0.1) is 6.92 Å². The fraction of sp³-hybridized carbons (Fsp3) is 0.364. The molecule has 0 saturated carbocycles. The van der Waals surface area contributed by atoms with E-state index in [0.29, 0.717) is 35.6 Å². The molecule has 2 aliphatic heterocycles. The van der Waals surface area contributed by atoms with E-state index in [0.717, 1.165) is 11.8 Å². The van der Waals surface area contributed by atoms with Crippen molar-refractivity contribution in [3.05, 3.63) is 46.6 Å². The highest BCUT2D eigenvalue weighted by Gasteiger charge is 2.45. The molecule has 34 heavy (non-hydrogen) atoms. The van der Waals surface area contributed by atoms with Crippen LogP contribution in [0.5, 0.6) is 0 Å². The maximum Gasteiger partial charge on any atom is 0.408 e. The highest BCUT2D eigenvalue weighted by atomic mass is 19.4. The Morgan fingerprint density at radius 2 is 2.06 bits per heavy atom. The molecule has 0 aliphatic carbocycles. The van der Waals surface area contributed by atoms with Crippen LogP contribution in [0.2, 0.25) is 0 Å². The number of aryl methyl sites for hydroxylation is 1. The lowest BCUT2D eigenvalue weighted by Crippen LogP contribution is -2.48. The van der Waals surface area contributed by atoms with Crippen LogP contribution in [0.15, 0.2) is 24.4 Å². The number of amides is 2. The first-order valence-electron chi connectivity index (χ1n) is 10.6. The Morgan fingerprint density at radius 1 is 1.32 bits per heavy atom. The number of fused-ring (bicyclic) bond motifs is 2. The van der Waals surface area contributed by atoms with Gasteiger partial charge in [0.1, 0.15) is 11.6 Å². The molecular weight excluding hydrogens is 453 g/mol. The first-order chi connectivity index (χ1) is 16.0. The first kappa shape index (κ1) is 22.1. The second-order valence-corrected chi connectivity index (χ2v) is 8.53. The minimum atomic E-state index is -4.52. The molecule has 9 nitrogen and oxygen atoms in total. The zero-order valence-corrected chi connectivity index (χ0v) is 18.3. The monoisotopic (exact) mass is 474 g/mol. The minimum Gasteiger partial charge on any atom is -0.381 e. The molecule has 2 aromatic heterocycles. The number of aromatic nitrogens is 3. The molecule has 1 saturated heterocycles. The molecule has 4 heterocycles. The fourth-order valence-electron chi connectivity index (χ4n) is 4.23. The van der Waals surface area contributed by atoms with Crippen LogP contribution in [0.25, 0.3) is 16.9 Å². The van der Waals surface area contributed by atoms with Crippen molar-refractivity contribution in [1.82, 2.24) is 24.8 Å². The standard InChI is InChI=1S/C22H21F3N6O3/c1-10-5-12(6-13-7-30(21(33)16(10)13)11(2)22(23,24)25)15-3-4-31-19(28-15)17(18(26)29-31)20(32)27-14-8-34-9-14/h3-6,11,14H,7-9H2,1-2H3,(H2,26,29)(H,27,32)/t11-/m0/s1. The van der Waals surface area contributed by atoms with Crippen LogP contribution >= 0.6 is 0 Å². The lowest BCUT2D eigenvalue weighted by molar-refractivity contribution is -0.172. The molecule has 178 valence electrons. The third-order valence-electron chi connectivity index (χ3n) is 6.18. The molecule has 2 aliphatic rings. The topological polar surface area (TPSA) is 115 Å². The van der Waals surface area contributed by atoms with Crippen molar-refractivity contribution >= 4 is 23.3 Å². The van der Waals surface area contributed by atoms with Crippen molar-refractivity contribution in [2.75, 3.05) is 18.9 Å². The fourth-order valence-corrected chi connectivity index (χ4v) is 4.23. The Hall–Kier alpha value is -3.67. The van der Waals surface area contributed by atoms with Crippen LogP contribution in [-0.2, 0) is 11.3 Å². The highest BCUT2D eigenvalue weighted by Crippen LogP contribution is 2.35. The van der Waals surface area contributed by atoms with Gasteiger partial charge < -0.3 is 20.7 Å². The van der Waals surface area contributed by atoms with Crippen molar-refractivity contribution in [3.8, 4) is 11.3 Å². The summed E-state index contributed by atoms with van der Waals surface area (Å²) in [7, 11) is 0. The Morgan fingerprint density at radius 3 is 2.71 bits per heavy atom. The molecule has 0 radical (unpaired) electrons. The second-order valence-electron chi connectivity index (χ2n) is 8.53. The maximum atomic E-state index is 13.2. The summed E-state index contributed by atoms with van der Waals surface area (Å²) < 4.78 is 46.2. The molecule has 2 amide bonds. The predicted octanol–water partition coefficient (Wildman–Crippen LogP) is 2.32. The maximum absolute atomic E-state index is 13.2. The average Bonchev–Trinajstić information content (AvgIpc) is 3.24. The van der Waals surface area contributed by atoms with E-state index in [1.165, 1.54) is 4.52 Å².